The SMILES string of the molecule is C[C@@H](NC(=O)c1ccccc1NC(=O)CN(c1cccc(Cl)c1Cl)S(=O)(=O)c1ccccc1)c1ccccc1. The van der Waals surface area contributed by atoms with E-state index in [-0.39, 0.29) is 37.9 Å². The zero-order chi connectivity index (χ0) is 28.0. The fourth-order valence-corrected chi connectivity index (χ4v) is 5.82. The Kier molecular flexibility index (Phi) is 8.91. The number of carbonyl (C=O) groups is 2. The average Bonchev–Trinajstić information content (AvgIpc) is 2.94. The molecule has 0 unspecified atom stereocenters. The third-order valence-corrected chi connectivity index (χ3v) is 8.49. The quantitative estimate of drug-likeness (QED) is 0.242. The van der Waals surface area contributed by atoms with Gasteiger partial charge in [-0.15, -0.1) is 0 Å². The number of rotatable bonds is 9. The number of hydrogen-bond acceptors (Lipinski definition) is 4. The van der Waals surface area contributed by atoms with Crippen LogP contribution in [0.1, 0.15) is 28.9 Å². The standard InChI is InChI=1S/C29H25Cl2N3O4S/c1-20(21-11-4-2-5-12-21)32-29(36)23-15-8-9-17-25(23)33-27(35)19-34(26-18-10-16-24(30)28(26)31)39(37,38)22-13-6-3-7-14-22/h2-18,20H,19H2,1H3,(H,32,36)(H,33,35)/t20-/m1/s1. The van der Waals surface area contributed by atoms with E-state index in [0.29, 0.717) is 0 Å². The zero-order valence-electron chi connectivity index (χ0n) is 20.8. The Hall–Kier alpha value is -3.85. The van der Waals surface area contributed by atoms with E-state index >= 15 is 0 Å². The van der Waals surface area contributed by atoms with Gasteiger partial charge in [0.15, 0.2) is 0 Å². The molecule has 0 bridgehead atoms. The van der Waals surface area contributed by atoms with Gasteiger partial charge in [-0.3, -0.25) is 13.9 Å². The van der Waals surface area contributed by atoms with E-state index in [4.69, 9.17) is 23.2 Å². The molecule has 0 heterocycles. The molecule has 200 valence electrons. The van der Waals surface area contributed by atoms with Gasteiger partial charge in [0, 0.05) is 0 Å². The van der Waals surface area contributed by atoms with Crippen molar-refractivity contribution in [3.63, 3.8) is 0 Å². The molecule has 0 saturated carbocycles. The molecule has 0 saturated heterocycles. The first-order chi connectivity index (χ1) is 18.7. The first-order valence-corrected chi connectivity index (χ1v) is 14.1. The minimum atomic E-state index is -4.20. The second-order valence-electron chi connectivity index (χ2n) is 8.60. The molecule has 0 aliphatic heterocycles. The van der Waals surface area contributed by atoms with Gasteiger partial charge in [0.05, 0.1) is 37.9 Å². The van der Waals surface area contributed by atoms with Crippen molar-refractivity contribution in [2.75, 3.05) is 16.2 Å². The highest BCUT2D eigenvalue weighted by atomic mass is 35.5. The predicted octanol–water partition coefficient (Wildman–Crippen LogP) is 6.32. The van der Waals surface area contributed by atoms with E-state index in [0.717, 1.165) is 9.87 Å². The maximum atomic E-state index is 13.6. The van der Waals surface area contributed by atoms with Crippen molar-refractivity contribution < 1.29 is 18.0 Å². The van der Waals surface area contributed by atoms with Gasteiger partial charge in [-0.2, -0.15) is 0 Å². The van der Waals surface area contributed by atoms with Gasteiger partial charge < -0.3 is 10.6 Å². The highest BCUT2D eigenvalue weighted by Gasteiger charge is 2.29. The van der Waals surface area contributed by atoms with Gasteiger partial charge in [0.1, 0.15) is 6.54 Å². The van der Waals surface area contributed by atoms with Gasteiger partial charge in [-0.25, -0.2) is 8.42 Å². The topological polar surface area (TPSA) is 95.6 Å². The average molecular weight is 583 g/mol. The smallest absolute Gasteiger partial charge is 0.264 e. The van der Waals surface area contributed by atoms with Crippen molar-refractivity contribution in [3.8, 4) is 0 Å². The van der Waals surface area contributed by atoms with E-state index < -0.39 is 28.4 Å². The fourth-order valence-electron chi connectivity index (χ4n) is 3.91. The van der Waals surface area contributed by atoms with Gasteiger partial charge in [-0.1, -0.05) is 89.9 Å². The number of benzene rings is 4. The minimum absolute atomic E-state index is 0.0128. The van der Waals surface area contributed by atoms with Crippen LogP contribution in [0, 0.1) is 0 Å². The summed E-state index contributed by atoms with van der Waals surface area (Å²) in [6.07, 6.45) is 0. The van der Waals surface area contributed by atoms with Crippen LogP contribution < -0.4 is 14.9 Å². The molecule has 4 aromatic carbocycles. The van der Waals surface area contributed by atoms with Crippen molar-refractivity contribution in [2.45, 2.75) is 17.9 Å². The molecule has 4 aromatic rings. The van der Waals surface area contributed by atoms with Crippen LogP contribution in [0.15, 0.2) is 108 Å². The second kappa shape index (κ2) is 12.3. The van der Waals surface area contributed by atoms with Gasteiger partial charge in [0.2, 0.25) is 5.91 Å². The Balaban J connectivity index is 1.60. The third kappa shape index (κ3) is 6.60. The zero-order valence-corrected chi connectivity index (χ0v) is 23.2. The van der Waals surface area contributed by atoms with E-state index in [1.54, 1.807) is 48.5 Å². The molecular weight excluding hydrogens is 557 g/mol. The molecule has 0 aliphatic carbocycles. The molecule has 1 atom stereocenters. The molecule has 39 heavy (non-hydrogen) atoms. The monoisotopic (exact) mass is 581 g/mol. The van der Waals surface area contributed by atoms with E-state index in [2.05, 4.69) is 10.6 Å². The summed E-state index contributed by atoms with van der Waals surface area (Å²) < 4.78 is 28.1. The maximum Gasteiger partial charge on any atom is 0.264 e. The van der Waals surface area contributed by atoms with E-state index in [9.17, 15) is 18.0 Å². The van der Waals surface area contributed by atoms with Crippen LogP contribution >= 0.6 is 23.2 Å². The van der Waals surface area contributed by atoms with Crippen molar-refractivity contribution in [3.05, 3.63) is 124 Å². The van der Waals surface area contributed by atoms with Crippen LogP contribution in [0.25, 0.3) is 0 Å². The molecule has 2 amide bonds. The highest BCUT2D eigenvalue weighted by molar-refractivity contribution is 7.92. The maximum absolute atomic E-state index is 13.6. The van der Waals surface area contributed by atoms with Crippen molar-refractivity contribution in [1.29, 1.82) is 0 Å². The summed E-state index contributed by atoms with van der Waals surface area (Å²) in [7, 11) is -4.20. The summed E-state index contributed by atoms with van der Waals surface area (Å²) in [6.45, 7) is 1.24. The number of carbonyl (C=O) groups excluding carboxylic acids is 2. The van der Waals surface area contributed by atoms with Crippen molar-refractivity contribution >= 4 is 56.4 Å². The van der Waals surface area contributed by atoms with Crippen LogP contribution in [0.4, 0.5) is 11.4 Å². The Morgan fingerprint density at radius 3 is 2.13 bits per heavy atom. The van der Waals surface area contributed by atoms with Crippen LogP contribution in [-0.4, -0.2) is 26.8 Å². The Labute approximate surface area is 237 Å². The molecule has 0 spiro atoms. The summed E-state index contributed by atoms with van der Waals surface area (Å²) in [5.74, 6) is -1.07. The number of hydrogen-bond donors (Lipinski definition) is 2. The molecule has 0 fully saturated rings. The summed E-state index contributed by atoms with van der Waals surface area (Å²) >= 11 is 12.5. The molecule has 10 heteroatoms. The lowest BCUT2D eigenvalue weighted by atomic mass is 10.1. The lowest BCUT2D eigenvalue weighted by Gasteiger charge is -2.25. The number of amides is 2. The number of halogens is 2. The molecule has 4 rings (SSSR count). The molecule has 0 aromatic heterocycles. The Bertz CT molecular complexity index is 1580. The first-order valence-electron chi connectivity index (χ1n) is 11.9. The van der Waals surface area contributed by atoms with Crippen LogP contribution in [0.5, 0.6) is 0 Å². The van der Waals surface area contributed by atoms with Crippen molar-refractivity contribution in [1.82, 2.24) is 5.32 Å². The van der Waals surface area contributed by atoms with Crippen LogP contribution in [0.2, 0.25) is 10.0 Å². The minimum Gasteiger partial charge on any atom is -0.345 e. The van der Waals surface area contributed by atoms with Crippen LogP contribution in [-0.2, 0) is 14.8 Å². The molecule has 0 aliphatic rings. The summed E-state index contributed by atoms with van der Waals surface area (Å²) in [6, 6.07) is 27.9. The normalized spacial score (nSPS) is 11.9. The molecule has 2 N–H and O–H groups in total. The number of anilines is 2. The molecule has 7 nitrogen and oxygen atoms in total. The van der Waals surface area contributed by atoms with Gasteiger partial charge >= 0.3 is 0 Å². The summed E-state index contributed by atoms with van der Waals surface area (Å²) in [4.78, 5) is 26.3. The highest BCUT2D eigenvalue weighted by Crippen LogP contribution is 2.35. The van der Waals surface area contributed by atoms with Crippen molar-refractivity contribution in [2.24, 2.45) is 0 Å². The number of nitrogens with one attached hydrogen (secondary N) is 2. The fraction of sp³-hybridized carbons (Fsp3) is 0.103. The summed E-state index contributed by atoms with van der Waals surface area (Å²) in [5.41, 5.74) is 1.43. The van der Waals surface area contributed by atoms with Gasteiger partial charge in [-0.05, 0) is 48.9 Å². The van der Waals surface area contributed by atoms with Gasteiger partial charge in [0.25, 0.3) is 15.9 Å². The largest absolute Gasteiger partial charge is 0.345 e. The van der Waals surface area contributed by atoms with E-state index in [1.165, 1.54) is 24.3 Å². The number of sulfonamides is 1. The molecular formula is C29H25Cl2N3O4S. The first kappa shape index (κ1) is 28.2. The van der Waals surface area contributed by atoms with E-state index in [1.807, 2.05) is 37.3 Å². The Morgan fingerprint density at radius 2 is 1.44 bits per heavy atom. The molecule has 0 radical (unpaired) electrons. The lowest BCUT2D eigenvalue weighted by molar-refractivity contribution is -0.114. The lowest BCUT2D eigenvalue weighted by Crippen LogP contribution is -2.38. The summed E-state index contributed by atoms with van der Waals surface area (Å²) in [5, 5.41) is 5.73. The number of nitrogens with zero attached hydrogens (tertiary/aromatic N) is 1. The Morgan fingerprint density at radius 1 is 0.821 bits per heavy atom. The third-order valence-electron chi connectivity index (χ3n) is 5.91. The van der Waals surface area contributed by atoms with Crippen LogP contribution in [0.3, 0.4) is 0 Å². The second-order valence-corrected chi connectivity index (χ2v) is 11.2. The predicted molar refractivity (Wildman–Crippen MR) is 155 cm³/mol. The number of para-hydroxylation sites is 1.